The Morgan fingerprint density at radius 2 is 2.20 bits per heavy atom. The second-order valence-electron chi connectivity index (χ2n) is 4.38. The molecule has 5 heteroatoms. The summed E-state index contributed by atoms with van der Waals surface area (Å²) in [6.45, 7) is 3.53. The van der Waals surface area contributed by atoms with Crippen LogP contribution in [0.3, 0.4) is 0 Å². The van der Waals surface area contributed by atoms with Crippen LogP contribution in [0, 0.1) is 5.92 Å². The number of halogens is 1. The number of carbonyl (C=O) groups excluding carboxylic acids is 1. The number of likely N-dealkylation sites (tertiary alicyclic amines) is 1. The largest absolute Gasteiger partial charge is 0.341 e. The number of piperidine rings is 1. The van der Waals surface area contributed by atoms with E-state index in [2.05, 4.69) is 5.32 Å². The van der Waals surface area contributed by atoms with Gasteiger partial charge in [-0.05, 0) is 25.8 Å². The predicted molar refractivity (Wildman–Crippen MR) is 62.0 cm³/mol. The molecule has 0 aromatic heterocycles. The summed E-state index contributed by atoms with van der Waals surface area (Å²) in [5.74, 6) is 0.513. The van der Waals surface area contributed by atoms with Crippen LogP contribution in [0.1, 0.15) is 19.3 Å². The summed E-state index contributed by atoms with van der Waals surface area (Å²) >= 11 is 0. The summed E-state index contributed by atoms with van der Waals surface area (Å²) in [5.41, 5.74) is 5.78. The van der Waals surface area contributed by atoms with Gasteiger partial charge < -0.3 is 16.0 Å². The van der Waals surface area contributed by atoms with Crippen molar-refractivity contribution in [3.8, 4) is 0 Å². The summed E-state index contributed by atoms with van der Waals surface area (Å²) in [4.78, 5) is 13.9. The molecule has 0 bridgehead atoms. The maximum absolute atomic E-state index is 12.0. The Kier molecular flexibility index (Phi) is 4.83. The maximum atomic E-state index is 12.0. The van der Waals surface area contributed by atoms with Crippen molar-refractivity contribution in [3.05, 3.63) is 0 Å². The molecule has 2 saturated heterocycles. The fourth-order valence-electron chi connectivity index (χ4n) is 2.31. The first-order valence-electron chi connectivity index (χ1n) is 5.52. The van der Waals surface area contributed by atoms with E-state index in [9.17, 15) is 4.79 Å². The Bertz CT molecular complexity index is 212. The van der Waals surface area contributed by atoms with Gasteiger partial charge in [0.25, 0.3) is 0 Å². The third-order valence-electron chi connectivity index (χ3n) is 3.18. The van der Waals surface area contributed by atoms with Crippen molar-refractivity contribution in [2.75, 3.05) is 26.2 Å². The molecule has 88 valence electrons. The summed E-state index contributed by atoms with van der Waals surface area (Å²) < 4.78 is 0. The second kappa shape index (κ2) is 5.68. The monoisotopic (exact) mass is 233 g/mol. The average Bonchev–Trinajstić information content (AvgIpc) is 2.65. The van der Waals surface area contributed by atoms with E-state index in [1.54, 1.807) is 0 Å². The van der Waals surface area contributed by atoms with Gasteiger partial charge in [0, 0.05) is 25.7 Å². The maximum Gasteiger partial charge on any atom is 0.227 e. The van der Waals surface area contributed by atoms with Gasteiger partial charge >= 0.3 is 0 Å². The van der Waals surface area contributed by atoms with Gasteiger partial charge in [-0.15, -0.1) is 12.4 Å². The Balaban J connectivity index is 0.00000112. The molecule has 1 amide bonds. The Morgan fingerprint density at radius 1 is 1.40 bits per heavy atom. The van der Waals surface area contributed by atoms with Crippen molar-refractivity contribution in [2.24, 2.45) is 11.7 Å². The van der Waals surface area contributed by atoms with E-state index in [0.717, 1.165) is 45.4 Å². The first-order chi connectivity index (χ1) is 6.77. The molecule has 2 heterocycles. The van der Waals surface area contributed by atoms with Gasteiger partial charge in [0.05, 0.1) is 5.92 Å². The quantitative estimate of drug-likeness (QED) is 0.669. The summed E-state index contributed by atoms with van der Waals surface area (Å²) in [6.07, 6.45) is 3.12. The summed E-state index contributed by atoms with van der Waals surface area (Å²) in [6, 6.07) is 0.204. The predicted octanol–water partition coefficient (Wildman–Crippen LogP) is -0.0326. The first kappa shape index (κ1) is 12.7. The highest BCUT2D eigenvalue weighted by Crippen LogP contribution is 2.16. The van der Waals surface area contributed by atoms with E-state index in [4.69, 9.17) is 5.73 Å². The van der Waals surface area contributed by atoms with Crippen LogP contribution >= 0.6 is 12.4 Å². The lowest BCUT2D eigenvalue weighted by molar-refractivity contribution is -0.135. The molecule has 0 spiro atoms. The standard InChI is InChI=1S/C10H19N3O.ClH/c11-9-3-5-13(7-9)10(14)8-2-1-4-12-6-8;/h8-9,12H,1-7,11H2;1H/t8-,9?;/m1./s1. The zero-order chi connectivity index (χ0) is 9.97. The van der Waals surface area contributed by atoms with Crippen LogP contribution in [0.5, 0.6) is 0 Å². The van der Waals surface area contributed by atoms with Crippen molar-refractivity contribution in [1.29, 1.82) is 0 Å². The second-order valence-corrected chi connectivity index (χ2v) is 4.38. The molecule has 0 aromatic rings. The van der Waals surface area contributed by atoms with E-state index < -0.39 is 0 Å². The molecule has 15 heavy (non-hydrogen) atoms. The molecule has 0 aliphatic carbocycles. The minimum atomic E-state index is 0. The zero-order valence-corrected chi connectivity index (χ0v) is 9.76. The van der Waals surface area contributed by atoms with Crippen LogP contribution in [0.15, 0.2) is 0 Å². The lowest BCUT2D eigenvalue weighted by atomic mass is 9.98. The highest BCUT2D eigenvalue weighted by atomic mass is 35.5. The molecular formula is C10H20ClN3O. The number of nitrogens with zero attached hydrogens (tertiary/aromatic N) is 1. The molecule has 1 unspecified atom stereocenters. The number of carbonyl (C=O) groups is 1. The van der Waals surface area contributed by atoms with Crippen molar-refractivity contribution in [3.63, 3.8) is 0 Å². The van der Waals surface area contributed by atoms with Crippen LogP contribution < -0.4 is 11.1 Å². The number of amides is 1. The summed E-state index contributed by atoms with van der Waals surface area (Å²) in [5, 5.41) is 3.27. The Labute approximate surface area is 97.0 Å². The van der Waals surface area contributed by atoms with E-state index in [0.29, 0.717) is 5.91 Å². The molecule has 2 aliphatic rings. The van der Waals surface area contributed by atoms with Crippen LogP contribution in [0.2, 0.25) is 0 Å². The normalized spacial score (nSPS) is 31.1. The molecular weight excluding hydrogens is 214 g/mol. The van der Waals surface area contributed by atoms with E-state index in [1.807, 2.05) is 4.90 Å². The molecule has 3 N–H and O–H groups in total. The number of hydrogen-bond donors (Lipinski definition) is 2. The first-order valence-corrected chi connectivity index (χ1v) is 5.52. The lowest BCUT2D eigenvalue weighted by Crippen LogP contribution is -2.42. The van der Waals surface area contributed by atoms with Crippen LogP contribution in [0.25, 0.3) is 0 Å². The van der Waals surface area contributed by atoms with Crippen LogP contribution in [-0.4, -0.2) is 43.0 Å². The van der Waals surface area contributed by atoms with Crippen molar-refractivity contribution in [2.45, 2.75) is 25.3 Å². The van der Waals surface area contributed by atoms with Gasteiger partial charge in [-0.1, -0.05) is 0 Å². The van der Waals surface area contributed by atoms with E-state index in [-0.39, 0.29) is 24.4 Å². The number of nitrogens with two attached hydrogens (primary N) is 1. The van der Waals surface area contributed by atoms with Crippen LogP contribution in [0.4, 0.5) is 0 Å². The molecule has 0 saturated carbocycles. The highest BCUT2D eigenvalue weighted by Gasteiger charge is 2.29. The van der Waals surface area contributed by atoms with Gasteiger partial charge in [-0.3, -0.25) is 4.79 Å². The topological polar surface area (TPSA) is 58.4 Å². The number of rotatable bonds is 1. The average molecular weight is 234 g/mol. The SMILES string of the molecule is Cl.NC1CCN(C(=O)[C@@H]2CCCNC2)C1. The smallest absolute Gasteiger partial charge is 0.227 e. The van der Waals surface area contributed by atoms with E-state index in [1.165, 1.54) is 0 Å². The van der Waals surface area contributed by atoms with Gasteiger partial charge in [-0.2, -0.15) is 0 Å². The van der Waals surface area contributed by atoms with E-state index >= 15 is 0 Å². The van der Waals surface area contributed by atoms with Crippen molar-refractivity contribution >= 4 is 18.3 Å². The molecule has 0 aromatic carbocycles. The minimum Gasteiger partial charge on any atom is -0.341 e. The Morgan fingerprint density at radius 3 is 2.73 bits per heavy atom. The van der Waals surface area contributed by atoms with Crippen molar-refractivity contribution < 1.29 is 4.79 Å². The molecule has 4 nitrogen and oxygen atoms in total. The molecule has 2 aliphatic heterocycles. The van der Waals surface area contributed by atoms with Gasteiger partial charge in [0.1, 0.15) is 0 Å². The highest BCUT2D eigenvalue weighted by molar-refractivity contribution is 5.85. The number of hydrogen-bond acceptors (Lipinski definition) is 3. The third kappa shape index (κ3) is 3.06. The van der Waals surface area contributed by atoms with Gasteiger partial charge in [-0.25, -0.2) is 0 Å². The fourth-order valence-corrected chi connectivity index (χ4v) is 2.31. The van der Waals surface area contributed by atoms with Crippen LogP contribution in [-0.2, 0) is 4.79 Å². The van der Waals surface area contributed by atoms with Gasteiger partial charge in [0.2, 0.25) is 5.91 Å². The number of nitrogens with one attached hydrogen (secondary N) is 1. The fraction of sp³-hybridized carbons (Fsp3) is 0.900. The third-order valence-corrected chi connectivity index (χ3v) is 3.18. The minimum absolute atomic E-state index is 0. The Hall–Kier alpha value is -0.320. The molecule has 2 atom stereocenters. The molecule has 0 radical (unpaired) electrons. The molecule has 2 rings (SSSR count). The molecule has 2 fully saturated rings. The zero-order valence-electron chi connectivity index (χ0n) is 8.95. The van der Waals surface area contributed by atoms with Gasteiger partial charge in [0.15, 0.2) is 0 Å². The van der Waals surface area contributed by atoms with Crippen molar-refractivity contribution in [1.82, 2.24) is 10.2 Å². The summed E-state index contributed by atoms with van der Waals surface area (Å²) in [7, 11) is 0. The lowest BCUT2D eigenvalue weighted by Gasteiger charge is -2.26.